The molecule has 0 heterocycles. The number of primary amides is 1. The molecule has 0 spiro atoms. The number of anilines is 2. The van der Waals surface area contributed by atoms with Crippen LogP contribution in [0, 0.1) is 5.82 Å². The van der Waals surface area contributed by atoms with E-state index < -0.39 is 17.7 Å². The highest BCUT2D eigenvalue weighted by Crippen LogP contribution is 2.25. The van der Waals surface area contributed by atoms with E-state index in [1.165, 1.54) is 18.2 Å². The third-order valence-electron chi connectivity index (χ3n) is 2.73. The molecule has 0 aromatic heterocycles. The van der Waals surface area contributed by atoms with Crippen molar-refractivity contribution in [1.82, 2.24) is 0 Å². The number of nitrogens with one attached hydrogen (secondary N) is 1. The molecule has 0 atom stereocenters. The molecule has 108 valence electrons. The van der Waals surface area contributed by atoms with Crippen molar-refractivity contribution in [1.29, 1.82) is 0 Å². The lowest BCUT2D eigenvalue weighted by molar-refractivity contribution is 0.0696. The summed E-state index contributed by atoms with van der Waals surface area (Å²) in [7, 11) is 0. The number of amides is 1. The van der Waals surface area contributed by atoms with Crippen molar-refractivity contribution in [2.75, 3.05) is 5.32 Å². The van der Waals surface area contributed by atoms with Gasteiger partial charge in [-0.25, -0.2) is 9.18 Å². The van der Waals surface area contributed by atoms with E-state index in [0.717, 1.165) is 6.07 Å². The summed E-state index contributed by atoms with van der Waals surface area (Å²) in [5, 5.41) is 11.6. The third-order valence-corrected chi connectivity index (χ3v) is 3.39. The maximum atomic E-state index is 13.8. The minimum absolute atomic E-state index is 0.124. The number of carbonyl (C=O) groups is 2. The van der Waals surface area contributed by atoms with E-state index >= 15 is 0 Å². The first kappa shape index (κ1) is 15.0. The molecule has 0 saturated heterocycles. The van der Waals surface area contributed by atoms with Gasteiger partial charge < -0.3 is 16.2 Å². The number of hydrogen-bond donors (Lipinski definition) is 3. The van der Waals surface area contributed by atoms with Gasteiger partial charge in [-0.15, -0.1) is 0 Å². The van der Waals surface area contributed by atoms with E-state index in [9.17, 15) is 14.0 Å². The van der Waals surface area contributed by atoms with E-state index in [4.69, 9.17) is 10.8 Å². The molecule has 2 aromatic rings. The molecular formula is C14H10BrFN2O3. The average molecular weight is 353 g/mol. The summed E-state index contributed by atoms with van der Waals surface area (Å²) in [4.78, 5) is 21.8. The second-order valence-electron chi connectivity index (χ2n) is 4.18. The van der Waals surface area contributed by atoms with Crippen LogP contribution in [0.4, 0.5) is 15.8 Å². The zero-order valence-electron chi connectivity index (χ0n) is 10.6. The Morgan fingerprint density at radius 2 is 1.90 bits per heavy atom. The van der Waals surface area contributed by atoms with Crippen molar-refractivity contribution in [2.24, 2.45) is 5.73 Å². The Hall–Kier alpha value is -2.41. The van der Waals surface area contributed by atoms with Gasteiger partial charge in [-0.2, -0.15) is 0 Å². The number of carboxylic acid groups (broad SMARTS) is 1. The van der Waals surface area contributed by atoms with E-state index in [1.54, 1.807) is 12.1 Å². The van der Waals surface area contributed by atoms with Gasteiger partial charge in [0.2, 0.25) is 5.91 Å². The van der Waals surface area contributed by atoms with Crippen LogP contribution in [0.25, 0.3) is 0 Å². The third kappa shape index (κ3) is 3.38. The summed E-state index contributed by atoms with van der Waals surface area (Å²) >= 11 is 3.20. The number of carboxylic acids is 1. The van der Waals surface area contributed by atoms with Gasteiger partial charge >= 0.3 is 5.97 Å². The minimum Gasteiger partial charge on any atom is -0.478 e. The van der Waals surface area contributed by atoms with Gasteiger partial charge in [0.15, 0.2) is 0 Å². The Kier molecular flexibility index (Phi) is 4.23. The van der Waals surface area contributed by atoms with Crippen molar-refractivity contribution in [3.05, 3.63) is 57.8 Å². The van der Waals surface area contributed by atoms with Crippen LogP contribution in [0.15, 0.2) is 40.9 Å². The molecule has 1 amide bonds. The van der Waals surface area contributed by atoms with Crippen LogP contribution >= 0.6 is 15.9 Å². The zero-order chi connectivity index (χ0) is 15.6. The maximum Gasteiger partial charge on any atom is 0.335 e. The normalized spacial score (nSPS) is 10.2. The largest absolute Gasteiger partial charge is 0.478 e. The van der Waals surface area contributed by atoms with Gasteiger partial charge in [0, 0.05) is 10.2 Å². The SMILES string of the molecule is NC(=O)c1ccc(Nc2ccc(C(=O)O)cc2F)cc1Br. The van der Waals surface area contributed by atoms with E-state index in [0.29, 0.717) is 15.7 Å². The second kappa shape index (κ2) is 5.92. The monoisotopic (exact) mass is 352 g/mol. The second-order valence-corrected chi connectivity index (χ2v) is 5.04. The van der Waals surface area contributed by atoms with Gasteiger partial charge in [-0.3, -0.25) is 4.79 Å². The lowest BCUT2D eigenvalue weighted by Gasteiger charge is -2.10. The van der Waals surface area contributed by atoms with Crippen LogP contribution in [0.1, 0.15) is 20.7 Å². The highest BCUT2D eigenvalue weighted by Gasteiger charge is 2.10. The zero-order valence-corrected chi connectivity index (χ0v) is 12.1. The van der Waals surface area contributed by atoms with Crippen molar-refractivity contribution in [3.63, 3.8) is 0 Å². The molecule has 0 radical (unpaired) electrons. The topological polar surface area (TPSA) is 92.4 Å². The first-order valence-corrected chi connectivity index (χ1v) is 6.57. The smallest absolute Gasteiger partial charge is 0.335 e. The summed E-state index contributed by atoms with van der Waals surface area (Å²) in [5.74, 6) is -2.47. The first-order chi connectivity index (χ1) is 9.88. The van der Waals surface area contributed by atoms with E-state index in [1.807, 2.05) is 0 Å². The van der Waals surface area contributed by atoms with Crippen LogP contribution < -0.4 is 11.1 Å². The van der Waals surface area contributed by atoms with Crippen LogP contribution in [-0.4, -0.2) is 17.0 Å². The summed E-state index contributed by atoms with van der Waals surface area (Å²) in [6.07, 6.45) is 0. The molecule has 2 aromatic carbocycles. The lowest BCUT2D eigenvalue weighted by atomic mass is 10.1. The number of carbonyl (C=O) groups excluding carboxylic acids is 1. The van der Waals surface area contributed by atoms with Gasteiger partial charge in [-0.05, 0) is 52.3 Å². The first-order valence-electron chi connectivity index (χ1n) is 5.77. The minimum atomic E-state index is -1.20. The molecule has 4 N–H and O–H groups in total. The standard InChI is InChI=1S/C14H10BrFN2O3/c15-10-6-8(2-3-9(10)13(17)19)18-12-4-1-7(14(20)21)5-11(12)16/h1-6,18H,(H2,17,19)(H,20,21). The molecule has 0 aliphatic heterocycles. The molecular weight excluding hydrogens is 343 g/mol. The molecule has 0 aliphatic carbocycles. The van der Waals surface area contributed by atoms with Crippen LogP contribution in [0.3, 0.4) is 0 Å². The highest BCUT2D eigenvalue weighted by molar-refractivity contribution is 9.10. The van der Waals surface area contributed by atoms with Crippen molar-refractivity contribution in [2.45, 2.75) is 0 Å². The lowest BCUT2D eigenvalue weighted by Crippen LogP contribution is -2.11. The Labute approximate surface area is 127 Å². The molecule has 0 saturated carbocycles. The summed E-state index contributed by atoms with van der Waals surface area (Å²) in [6, 6.07) is 8.19. The van der Waals surface area contributed by atoms with Gasteiger partial charge in [0.1, 0.15) is 5.82 Å². The van der Waals surface area contributed by atoms with Gasteiger partial charge in [0.25, 0.3) is 0 Å². The molecule has 0 aliphatic rings. The van der Waals surface area contributed by atoms with Crippen molar-refractivity contribution in [3.8, 4) is 0 Å². The quantitative estimate of drug-likeness (QED) is 0.787. The Bertz CT molecular complexity index is 734. The number of halogens is 2. The number of aromatic carboxylic acids is 1. The molecule has 0 fully saturated rings. The molecule has 21 heavy (non-hydrogen) atoms. The molecule has 7 heteroatoms. The molecule has 5 nitrogen and oxygen atoms in total. The molecule has 2 rings (SSSR count). The maximum absolute atomic E-state index is 13.8. The van der Waals surface area contributed by atoms with Gasteiger partial charge in [-0.1, -0.05) is 0 Å². The van der Waals surface area contributed by atoms with Crippen molar-refractivity contribution >= 4 is 39.2 Å². The van der Waals surface area contributed by atoms with Crippen LogP contribution in [0.5, 0.6) is 0 Å². The number of benzene rings is 2. The summed E-state index contributed by atoms with van der Waals surface area (Å²) in [5.41, 5.74) is 6.00. The fourth-order valence-corrected chi connectivity index (χ4v) is 2.27. The Morgan fingerprint density at radius 1 is 1.19 bits per heavy atom. The highest BCUT2D eigenvalue weighted by atomic mass is 79.9. The molecule has 0 unspecified atom stereocenters. The summed E-state index contributed by atoms with van der Waals surface area (Å²) < 4.78 is 14.3. The Morgan fingerprint density at radius 3 is 2.43 bits per heavy atom. The van der Waals surface area contributed by atoms with Crippen molar-refractivity contribution < 1.29 is 19.1 Å². The fraction of sp³-hybridized carbons (Fsp3) is 0. The van der Waals surface area contributed by atoms with Gasteiger partial charge in [0.05, 0.1) is 16.8 Å². The molecule has 0 bridgehead atoms. The number of nitrogens with two attached hydrogens (primary N) is 1. The predicted octanol–water partition coefficient (Wildman–Crippen LogP) is 3.13. The number of rotatable bonds is 4. The van der Waals surface area contributed by atoms with Crippen LogP contribution in [-0.2, 0) is 0 Å². The van der Waals surface area contributed by atoms with Crippen LogP contribution in [0.2, 0.25) is 0 Å². The average Bonchev–Trinajstić information content (AvgIpc) is 2.40. The van der Waals surface area contributed by atoms with E-state index in [2.05, 4.69) is 21.2 Å². The Balaban J connectivity index is 2.28. The van der Waals surface area contributed by atoms with E-state index in [-0.39, 0.29) is 11.3 Å². The fourth-order valence-electron chi connectivity index (χ4n) is 1.70. The summed E-state index contributed by atoms with van der Waals surface area (Å²) in [6.45, 7) is 0. The predicted molar refractivity (Wildman–Crippen MR) is 79.3 cm³/mol. The number of hydrogen-bond acceptors (Lipinski definition) is 3.